The first-order chi connectivity index (χ1) is 9.90. The van der Waals surface area contributed by atoms with Crippen molar-refractivity contribution in [2.24, 2.45) is 5.41 Å². The number of nitrogens with zero attached hydrogens (tertiary/aromatic N) is 1. The molecule has 1 heterocycles. The number of hydroxylamine groups is 2. The molecule has 1 amide bonds. The zero-order chi connectivity index (χ0) is 15.5. The van der Waals surface area contributed by atoms with Crippen LogP contribution in [0, 0.1) is 5.41 Å². The summed E-state index contributed by atoms with van der Waals surface area (Å²) >= 11 is 0. The van der Waals surface area contributed by atoms with Crippen molar-refractivity contribution >= 4 is 5.91 Å². The maximum absolute atomic E-state index is 12.2. The van der Waals surface area contributed by atoms with Gasteiger partial charge in [-0.2, -0.15) is 0 Å². The highest BCUT2D eigenvalue weighted by Gasteiger charge is 2.40. The predicted molar refractivity (Wildman–Crippen MR) is 81.7 cm³/mol. The summed E-state index contributed by atoms with van der Waals surface area (Å²) in [5, 5.41) is 1.43. The van der Waals surface area contributed by atoms with E-state index < -0.39 is 5.41 Å². The van der Waals surface area contributed by atoms with Gasteiger partial charge in [0.15, 0.2) is 0 Å². The third-order valence-electron chi connectivity index (χ3n) is 3.40. The first-order valence-corrected chi connectivity index (χ1v) is 7.19. The van der Waals surface area contributed by atoms with Crippen LogP contribution in [0.4, 0.5) is 0 Å². The van der Waals surface area contributed by atoms with Crippen LogP contribution in [-0.2, 0) is 16.2 Å². The molecule has 0 N–H and O–H groups in total. The Labute approximate surface area is 126 Å². The molecule has 4 heteroatoms. The van der Waals surface area contributed by atoms with Gasteiger partial charge in [-0.15, -0.1) is 0 Å². The molecule has 1 aromatic carbocycles. The Hall–Kier alpha value is -1.81. The summed E-state index contributed by atoms with van der Waals surface area (Å²) in [6.07, 6.45) is 2.03. The maximum atomic E-state index is 12.2. The van der Waals surface area contributed by atoms with E-state index >= 15 is 0 Å². The lowest BCUT2D eigenvalue weighted by Gasteiger charge is -2.18. The lowest BCUT2D eigenvalue weighted by molar-refractivity contribution is -0.165. The molecule has 0 spiro atoms. The molecule has 0 bridgehead atoms. The summed E-state index contributed by atoms with van der Waals surface area (Å²) in [6.45, 7) is 9.22. The van der Waals surface area contributed by atoms with E-state index in [2.05, 4.69) is 0 Å². The largest absolute Gasteiger partial charge is 0.489 e. The molecular formula is C17H23NO3. The van der Waals surface area contributed by atoms with E-state index in [9.17, 15) is 4.79 Å². The first kappa shape index (κ1) is 15.6. The quantitative estimate of drug-likeness (QED) is 0.780. The van der Waals surface area contributed by atoms with Gasteiger partial charge in [0.05, 0.1) is 18.6 Å². The van der Waals surface area contributed by atoms with Crippen molar-refractivity contribution in [3.8, 4) is 5.75 Å². The van der Waals surface area contributed by atoms with Crippen LogP contribution in [0.5, 0.6) is 5.75 Å². The molecule has 0 unspecified atom stereocenters. The Morgan fingerprint density at radius 3 is 2.71 bits per heavy atom. The minimum absolute atomic E-state index is 0.0154. The number of carbonyl (C=O) groups excluding carboxylic acids is 1. The van der Waals surface area contributed by atoms with Crippen LogP contribution in [-0.4, -0.2) is 24.2 Å². The summed E-state index contributed by atoms with van der Waals surface area (Å²) in [5.41, 5.74) is 1.72. The first-order valence-electron chi connectivity index (χ1n) is 7.19. The van der Waals surface area contributed by atoms with E-state index in [4.69, 9.17) is 9.57 Å². The second-order valence-electron chi connectivity index (χ2n) is 6.20. The van der Waals surface area contributed by atoms with E-state index in [-0.39, 0.29) is 5.91 Å². The third-order valence-corrected chi connectivity index (χ3v) is 3.40. The van der Waals surface area contributed by atoms with Crippen LogP contribution in [0.1, 0.15) is 33.3 Å². The molecule has 114 valence electrons. The third kappa shape index (κ3) is 3.85. The molecule has 2 rings (SSSR count). The molecule has 0 atom stereocenters. The summed E-state index contributed by atoms with van der Waals surface area (Å²) in [5.74, 6) is 0.803. The highest BCUT2D eigenvalue weighted by atomic mass is 16.7. The number of hydrogen-bond donors (Lipinski definition) is 0. The molecule has 1 aliphatic heterocycles. The minimum atomic E-state index is -0.447. The summed E-state index contributed by atoms with van der Waals surface area (Å²) in [4.78, 5) is 17.7. The van der Waals surface area contributed by atoms with Crippen LogP contribution in [0.15, 0.2) is 35.9 Å². The fourth-order valence-corrected chi connectivity index (χ4v) is 2.04. The Bertz CT molecular complexity index is 545. The molecule has 21 heavy (non-hydrogen) atoms. The molecule has 0 saturated carbocycles. The van der Waals surface area contributed by atoms with Gasteiger partial charge < -0.3 is 4.74 Å². The Kier molecular flexibility index (Phi) is 4.68. The van der Waals surface area contributed by atoms with Gasteiger partial charge in [0.1, 0.15) is 12.4 Å². The second kappa shape index (κ2) is 6.31. The number of benzene rings is 1. The molecule has 0 aliphatic carbocycles. The van der Waals surface area contributed by atoms with E-state index in [1.165, 1.54) is 10.6 Å². The van der Waals surface area contributed by atoms with E-state index in [1.807, 2.05) is 58.0 Å². The summed E-state index contributed by atoms with van der Waals surface area (Å²) < 4.78 is 5.78. The van der Waals surface area contributed by atoms with Gasteiger partial charge in [0.25, 0.3) is 5.91 Å². The number of allylic oxidation sites excluding steroid dienone is 1. The van der Waals surface area contributed by atoms with Crippen molar-refractivity contribution in [1.29, 1.82) is 0 Å². The minimum Gasteiger partial charge on any atom is -0.489 e. The Morgan fingerprint density at radius 2 is 2.10 bits per heavy atom. The monoisotopic (exact) mass is 289 g/mol. The van der Waals surface area contributed by atoms with Crippen molar-refractivity contribution in [2.75, 3.05) is 13.2 Å². The standard InChI is InChI=1S/C17H23NO3/c1-13(2)9-10-20-15-8-6-5-7-14(15)11-18-16(19)17(3,4)12-21-18/h5-9H,10-12H2,1-4H3. The predicted octanol–water partition coefficient (Wildman–Crippen LogP) is 3.33. The van der Waals surface area contributed by atoms with Gasteiger partial charge in [0, 0.05) is 5.56 Å². The van der Waals surface area contributed by atoms with E-state index in [1.54, 1.807) is 0 Å². The van der Waals surface area contributed by atoms with Crippen molar-refractivity contribution < 1.29 is 14.4 Å². The number of ether oxygens (including phenoxy) is 1. The van der Waals surface area contributed by atoms with Gasteiger partial charge in [-0.25, -0.2) is 5.06 Å². The molecule has 0 aromatic heterocycles. The Morgan fingerprint density at radius 1 is 1.38 bits per heavy atom. The molecule has 4 nitrogen and oxygen atoms in total. The lowest BCUT2D eigenvalue weighted by atomic mass is 9.95. The average Bonchev–Trinajstić information content (AvgIpc) is 2.67. The van der Waals surface area contributed by atoms with E-state index in [0.29, 0.717) is 19.8 Å². The Balaban J connectivity index is 2.07. The SMILES string of the molecule is CC(C)=CCOc1ccccc1CN1OCC(C)(C)C1=O. The smallest absolute Gasteiger partial charge is 0.254 e. The van der Waals surface area contributed by atoms with Crippen LogP contribution < -0.4 is 4.74 Å². The van der Waals surface area contributed by atoms with Crippen molar-refractivity contribution in [3.63, 3.8) is 0 Å². The highest BCUT2D eigenvalue weighted by molar-refractivity contribution is 5.82. The number of rotatable bonds is 5. The normalized spacial score (nSPS) is 17.0. The zero-order valence-electron chi connectivity index (χ0n) is 13.2. The van der Waals surface area contributed by atoms with Gasteiger partial charge in [-0.3, -0.25) is 9.63 Å². The van der Waals surface area contributed by atoms with Crippen LogP contribution in [0.25, 0.3) is 0 Å². The topological polar surface area (TPSA) is 38.8 Å². The molecule has 1 aromatic rings. The van der Waals surface area contributed by atoms with Gasteiger partial charge in [-0.1, -0.05) is 23.8 Å². The molecular weight excluding hydrogens is 266 g/mol. The van der Waals surface area contributed by atoms with E-state index in [0.717, 1.165) is 11.3 Å². The van der Waals surface area contributed by atoms with Crippen LogP contribution in [0.2, 0.25) is 0 Å². The van der Waals surface area contributed by atoms with Crippen molar-refractivity contribution in [3.05, 3.63) is 41.5 Å². The van der Waals surface area contributed by atoms with Crippen molar-refractivity contribution in [1.82, 2.24) is 5.06 Å². The number of para-hydroxylation sites is 1. The maximum Gasteiger partial charge on any atom is 0.254 e. The zero-order valence-corrected chi connectivity index (χ0v) is 13.2. The lowest BCUT2D eigenvalue weighted by Crippen LogP contribution is -2.30. The van der Waals surface area contributed by atoms with Gasteiger partial charge in [0.2, 0.25) is 0 Å². The molecule has 0 radical (unpaired) electrons. The second-order valence-corrected chi connectivity index (χ2v) is 6.20. The van der Waals surface area contributed by atoms with Crippen LogP contribution in [0.3, 0.4) is 0 Å². The number of amides is 1. The van der Waals surface area contributed by atoms with Gasteiger partial charge in [-0.05, 0) is 39.8 Å². The van der Waals surface area contributed by atoms with Crippen LogP contribution >= 0.6 is 0 Å². The molecule has 1 aliphatic rings. The summed E-state index contributed by atoms with van der Waals surface area (Å²) in [6, 6.07) is 7.74. The molecule has 1 fully saturated rings. The fourth-order valence-electron chi connectivity index (χ4n) is 2.04. The molecule has 1 saturated heterocycles. The average molecular weight is 289 g/mol. The highest BCUT2D eigenvalue weighted by Crippen LogP contribution is 2.30. The van der Waals surface area contributed by atoms with Gasteiger partial charge >= 0.3 is 0 Å². The summed E-state index contributed by atoms with van der Waals surface area (Å²) in [7, 11) is 0. The van der Waals surface area contributed by atoms with Crippen molar-refractivity contribution in [2.45, 2.75) is 34.2 Å². The fraction of sp³-hybridized carbons (Fsp3) is 0.471. The number of carbonyl (C=O) groups is 1. The number of hydrogen-bond acceptors (Lipinski definition) is 3.